The van der Waals surface area contributed by atoms with E-state index < -0.39 is 11.9 Å². The first-order chi connectivity index (χ1) is 10.5. The van der Waals surface area contributed by atoms with Gasteiger partial charge in [-0.1, -0.05) is 48.0 Å². The van der Waals surface area contributed by atoms with Gasteiger partial charge >= 0.3 is 0 Å². The maximum atomic E-state index is 11.6. The molecule has 5 heteroatoms. The van der Waals surface area contributed by atoms with E-state index >= 15 is 0 Å². The molecule has 1 atom stereocenters. The number of rotatable bonds is 5. The van der Waals surface area contributed by atoms with E-state index in [1.54, 1.807) is 0 Å². The van der Waals surface area contributed by atoms with Crippen LogP contribution in [-0.4, -0.2) is 17.1 Å². The molecule has 0 aliphatic rings. The van der Waals surface area contributed by atoms with Crippen LogP contribution in [0.25, 0.3) is 0 Å². The Bertz CT molecular complexity index is 641. The van der Waals surface area contributed by atoms with Crippen LogP contribution in [0.3, 0.4) is 0 Å². The van der Waals surface area contributed by atoms with Crippen LogP contribution >= 0.6 is 12.2 Å². The van der Waals surface area contributed by atoms with Gasteiger partial charge in [0.25, 0.3) is 0 Å². The summed E-state index contributed by atoms with van der Waals surface area (Å²) in [7, 11) is 0. The van der Waals surface area contributed by atoms with E-state index in [1.807, 2.05) is 61.5 Å². The number of primary amides is 1. The molecule has 0 aliphatic carbocycles. The second kappa shape index (κ2) is 7.56. The lowest BCUT2D eigenvalue weighted by Gasteiger charge is -2.18. The van der Waals surface area contributed by atoms with Crippen LogP contribution in [0.5, 0.6) is 0 Å². The zero-order chi connectivity index (χ0) is 15.9. The minimum atomic E-state index is -0.548. The topological polar surface area (TPSA) is 67.2 Å². The highest BCUT2D eigenvalue weighted by Crippen LogP contribution is 2.09. The van der Waals surface area contributed by atoms with E-state index in [0.29, 0.717) is 11.5 Å². The zero-order valence-electron chi connectivity index (χ0n) is 12.4. The van der Waals surface area contributed by atoms with Crippen LogP contribution in [0, 0.1) is 6.92 Å². The fourth-order valence-electron chi connectivity index (χ4n) is 2.03. The molecule has 2 rings (SSSR count). The summed E-state index contributed by atoms with van der Waals surface area (Å²) in [6.45, 7) is 2.02. The van der Waals surface area contributed by atoms with Gasteiger partial charge in [-0.2, -0.15) is 0 Å². The Morgan fingerprint density at radius 3 is 2.36 bits per heavy atom. The number of nitrogens with two attached hydrogens (primary N) is 1. The van der Waals surface area contributed by atoms with Crippen molar-refractivity contribution in [3.8, 4) is 0 Å². The molecule has 0 aliphatic heterocycles. The van der Waals surface area contributed by atoms with Crippen molar-refractivity contribution in [3.63, 3.8) is 0 Å². The Labute approximate surface area is 135 Å². The fraction of sp³-hybridized carbons (Fsp3) is 0.176. The van der Waals surface area contributed by atoms with Crippen molar-refractivity contribution in [1.82, 2.24) is 5.32 Å². The Balaban J connectivity index is 1.97. The molecule has 2 aromatic carbocycles. The van der Waals surface area contributed by atoms with E-state index in [4.69, 9.17) is 18.0 Å². The predicted molar refractivity (Wildman–Crippen MR) is 93.7 cm³/mol. The van der Waals surface area contributed by atoms with Gasteiger partial charge in [0.05, 0.1) is 0 Å². The number of aryl methyl sites for hydroxylation is 1. The molecule has 2 aromatic rings. The number of amides is 1. The molecule has 4 nitrogen and oxygen atoms in total. The molecular weight excluding hydrogens is 294 g/mol. The van der Waals surface area contributed by atoms with Gasteiger partial charge in [0.1, 0.15) is 6.04 Å². The molecule has 0 saturated carbocycles. The van der Waals surface area contributed by atoms with Crippen LogP contribution in [0.2, 0.25) is 0 Å². The summed E-state index contributed by atoms with van der Waals surface area (Å²) >= 11 is 5.25. The summed E-state index contributed by atoms with van der Waals surface area (Å²) in [5.41, 5.74) is 8.52. The number of carbonyl (C=O) groups is 1. The third-order valence-electron chi connectivity index (χ3n) is 3.24. The van der Waals surface area contributed by atoms with Gasteiger partial charge in [-0.15, -0.1) is 0 Å². The first-order valence-electron chi connectivity index (χ1n) is 7.02. The van der Waals surface area contributed by atoms with Gasteiger partial charge in [0.15, 0.2) is 5.11 Å². The second-order valence-corrected chi connectivity index (χ2v) is 5.52. The van der Waals surface area contributed by atoms with Crippen LogP contribution in [-0.2, 0) is 11.2 Å². The zero-order valence-corrected chi connectivity index (χ0v) is 13.2. The largest absolute Gasteiger partial charge is 0.368 e. The molecule has 0 fully saturated rings. The second-order valence-electron chi connectivity index (χ2n) is 5.11. The number of hydrogen-bond donors (Lipinski definition) is 3. The summed E-state index contributed by atoms with van der Waals surface area (Å²) in [5, 5.41) is 6.40. The van der Waals surface area contributed by atoms with Crippen molar-refractivity contribution in [2.75, 3.05) is 5.32 Å². The summed E-state index contributed by atoms with van der Waals surface area (Å²) in [6, 6.07) is 17.0. The number of anilines is 1. The van der Waals surface area contributed by atoms with E-state index in [-0.39, 0.29) is 0 Å². The molecule has 114 valence electrons. The lowest BCUT2D eigenvalue weighted by atomic mass is 10.1. The summed E-state index contributed by atoms with van der Waals surface area (Å²) in [6.07, 6.45) is 0.492. The third kappa shape index (κ3) is 4.86. The molecule has 0 bridgehead atoms. The smallest absolute Gasteiger partial charge is 0.240 e. The minimum Gasteiger partial charge on any atom is -0.368 e. The maximum absolute atomic E-state index is 11.6. The molecule has 22 heavy (non-hydrogen) atoms. The number of thiocarbonyl (C=S) groups is 1. The first kappa shape index (κ1) is 16.0. The maximum Gasteiger partial charge on any atom is 0.240 e. The Morgan fingerprint density at radius 2 is 1.77 bits per heavy atom. The molecular formula is C17H19N3OS. The first-order valence-corrected chi connectivity index (χ1v) is 7.43. The van der Waals surface area contributed by atoms with Gasteiger partial charge in [0.2, 0.25) is 5.91 Å². The van der Waals surface area contributed by atoms with E-state index in [9.17, 15) is 4.79 Å². The highest BCUT2D eigenvalue weighted by Gasteiger charge is 2.16. The van der Waals surface area contributed by atoms with E-state index in [1.165, 1.54) is 5.56 Å². The quantitative estimate of drug-likeness (QED) is 0.742. The van der Waals surface area contributed by atoms with Crippen molar-refractivity contribution in [2.24, 2.45) is 5.73 Å². The van der Waals surface area contributed by atoms with Gasteiger partial charge < -0.3 is 16.4 Å². The monoisotopic (exact) mass is 313 g/mol. The highest BCUT2D eigenvalue weighted by atomic mass is 32.1. The van der Waals surface area contributed by atoms with Crippen LogP contribution in [0.15, 0.2) is 54.6 Å². The predicted octanol–water partition coefficient (Wildman–Crippen LogP) is 2.38. The van der Waals surface area contributed by atoms with Crippen LogP contribution in [0.4, 0.5) is 5.69 Å². The lowest BCUT2D eigenvalue weighted by Crippen LogP contribution is -2.47. The highest BCUT2D eigenvalue weighted by molar-refractivity contribution is 7.80. The SMILES string of the molecule is Cc1ccc(NC(=S)NC(Cc2ccccc2)C(N)=O)cc1. The van der Waals surface area contributed by atoms with Crippen LogP contribution in [0.1, 0.15) is 11.1 Å². The van der Waals surface area contributed by atoms with Crippen molar-refractivity contribution in [2.45, 2.75) is 19.4 Å². The van der Waals surface area contributed by atoms with Gasteiger partial charge in [-0.05, 0) is 36.8 Å². The Hall–Kier alpha value is -2.40. The number of hydrogen-bond acceptors (Lipinski definition) is 2. The Morgan fingerprint density at radius 1 is 1.14 bits per heavy atom. The van der Waals surface area contributed by atoms with E-state index in [0.717, 1.165) is 11.3 Å². The van der Waals surface area contributed by atoms with Crippen LogP contribution < -0.4 is 16.4 Å². The molecule has 0 saturated heterocycles. The average Bonchev–Trinajstić information content (AvgIpc) is 2.50. The molecule has 0 aromatic heterocycles. The fourth-order valence-corrected chi connectivity index (χ4v) is 2.29. The minimum absolute atomic E-state index is 0.378. The third-order valence-corrected chi connectivity index (χ3v) is 3.46. The number of nitrogens with one attached hydrogen (secondary N) is 2. The molecule has 0 spiro atoms. The summed E-state index contributed by atoms with van der Waals surface area (Å²) < 4.78 is 0. The summed E-state index contributed by atoms with van der Waals surface area (Å²) in [5.74, 6) is -0.433. The lowest BCUT2D eigenvalue weighted by molar-refractivity contribution is -0.119. The molecule has 0 heterocycles. The number of carbonyl (C=O) groups excluding carboxylic acids is 1. The van der Waals surface area contributed by atoms with Gasteiger partial charge in [-0.3, -0.25) is 4.79 Å². The van der Waals surface area contributed by atoms with Gasteiger partial charge in [0, 0.05) is 12.1 Å². The Kier molecular flexibility index (Phi) is 5.49. The normalized spacial score (nSPS) is 11.5. The molecule has 1 unspecified atom stereocenters. The summed E-state index contributed by atoms with van der Waals surface area (Å²) in [4.78, 5) is 11.6. The molecule has 0 radical (unpaired) electrons. The van der Waals surface area contributed by atoms with Crippen molar-refractivity contribution < 1.29 is 4.79 Å². The van der Waals surface area contributed by atoms with E-state index in [2.05, 4.69) is 10.6 Å². The van der Waals surface area contributed by atoms with Crippen molar-refractivity contribution >= 4 is 28.9 Å². The van der Waals surface area contributed by atoms with Crippen molar-refractivity contribution in [3.05, 3.63) is 65.7 Å². The molecule has 4 N–H and O–H groups in total. The average molecular weight is 313 g/mol. The van der Waals surface area contributed by atoms with Crippen molar-refractivity contribution in [1.29, 1.82) is 0 Å². The standard InChI is InChI=1S/C17H19N3OS/c1-12-7-9-14(10-8-12)19-17(22)20-15(16(18)21)11-13-5-3-2-4-6-13/h2-10,15H,11H2,1H3,(H2,18,21)(H2,19,20,22). The number of benzene rings is 2. The van der Waals surface area contributed by atoms with Gasteiger partial charge in [-0.25, -0.2) is 0 Å². The molecule has 1 amide bonds.